The molecule has 210 valence electrons. The lowest BCUT2D eigenvalue weighted by Gasteiger charge is -2.20. The number of aryl methyl sites for hydroxylation is 1. The Morgan fingerprint density at radius 3 is 2.85 bits per heavy atom. The van der Waals surface area contributed by atoms with E-state index in [1.807, 2.05) is 0 Å². The van der Waals surface area contributed by atoms with E-state index in [2.05, 4.69) is 22.3 Å². The molecule has 1 aliphatic heterocycles. The van der Waals surface area contributed by atoms with E-state index in [9.17, 15) is 14.4 Å². The number of thioether (sulfide) groups is 1. The third kappa shape index (κ3) is 6.98. The number of aromatic nitrogens is 2. The number of ether oxygens (including phenoxy) is 2. The second-order valence-electron chi connectivity index (χ2n) is 9.46. The number of hydrogen-bond donors (Lipinski definition) is 1. The van der Waals surface area contributed by atoms with Gasteiger partial charge in [0.2, 0.25) is 5.91 Å². The van der Waals surface area contributed by atoms with E-state index in [1.54, 1.807) is 49.1 Å². The van der Waals surface area contributed by atoms with Gasteiger partial charge >= 0.3 is 5.97 Å². The highest BCUT2D eigenvalue weighted by atomic mass is 32.2. The predicted molar refractivity (Wildman–Crippen MR) is 154 cm³/mol. The fourth-order valence-electron chi connectivity index (χ4n) is 4.68. The molecule has 0 fully saturated rings. The summed E-state index contributed by atoms with van der Waals surface area (Å²) in [5, 5.41) is 8.09. The molecule has 1 unspecified atom stereocenters. The number of fused-ring (bicyclic) bond motifs is 1. The van der Waals surface area contributed by atoms with Gasteiger partial charge in [0.25, 0.3) is 5.91 Å². The normalized spacial score (nSPS) is 17.9. The molecule has 0 saturated carbocycles. The number of hydrogen-bond acceptors (Lipinski definition) is 9. The van der Waals surface area contributed by atoms with Crippen LogP contribution in [0.3, 0.4) is 0 Å². The number of methoxy groups -OCH3 is 1. The summed E-state index contributed by atoms with van der Waals surface area (Å²) < 4.78 is 12.1. The van der Waals surface area contributed by atoms with Crippen LogP contribution in [0.5, 0.6) is 0 Å². The van der Waals surface area contributed by atoms with E-state index in [1.165, 1.54) is 23.1 Å². The standard InChI is InChI=1S/C27H35N5O5S2/c1-5-17-8-9-19-21(13-17)39-24(23(19)26(35)37-6-2)30-22(33)16-38-27-29-20(12-18-14-28-31(3)15-18)25(34)32(27)10-7-11-36-4/h12,14-15,17H,5-11,13,16H2,1-4H3,(H,30,33)/b20-12+. The molecule has 2 aromatic heterocycles. The zero-order chi connectivity index (χ0) is 27.9. The number of nitrogens with one attached hydrogen (secondary N) is 1. The Labute approximate surface area is 236 Å². The average Bonchev–Trinajstić information content (AvgIpc) is 3.58. The molecule has 0 bridgehead atoms. The highest BCUT2D eigenvalue weighted by molar-refractivity contribution is 8.14. The molecule has 1 N–H and O–H groups in total. The fourth-order valence-corrected chi connectivity index (χ4v) is 6.87. The Morgan fingerprint density at radius 1 is 1.33 bits per heavy atom. The predicted octanol–water partition coefficient (Wildman–Crippen LogP) is 4.12. The van der Waals surface area contributed by atoms with Gasteiger partial charge in [0.05, 0.1) is 24.1 Å². The molecule has 4 rings (SSSR count). The van der Waals surface area contributed by atoms with Gasteiger partial charge in [-0.2, -0.15) is 5.10 Å². The molecule has 1 aliphatic carbocycles. The molecule has 12 heteroatoms. The number of carbonyl (C=O) groups excluding carboxylic acids is 3. The van der Waals surface area contributed by atoms with Crippen LogP contribution in [0.2, 0.25) is 0 Å². The highest BCUT2D eigenvalue weighted by Crippen LogP contribution is 2.41. The lowest BCUT2D eigenvalue weighted by Crippen LogP contribution is -2.32. The lowest BCUT2D eigenvalue weighted by molar-refractivity contribution is -0.122. The maximum atomic E-state index is 13.1. The first kappa shape index (κ1) is 29.0. The second kappa shape index (κ2) is 13.4. The Morgan fingerprint density at radius 2 is 2.15 bits per heavy atom. The quantitative estimate of drug-likeness (QED) is 0.244. The van der Waals surface area contributed by atoms with E-state index in [0.29, 0.717) is 46.9 Å². The van der Waals surface area contributed by atoms with Gasteiger partial charge in [0.1, 0.15) is 10.7 Å². The van der Waals surface area contributed by atoms with E-state index in [4.69, 9.17) is 9.47 Å². The molecule has 0 aromatic carbocycles. The number of amidine groups is 1. The monoisotopic (exact) mass is 573 g/mol. The smallest absolute Gasteiger partial charge is 0.341 e. The van der Waals surface area contributed by atoms with Crippen LogP contribution in [0, 0.1) is 5.92 Å². The van der Waals surface area contributed by atoms with Crippen LogP contribution >= 0.6 is 23.1 Å². The Balaban J connectivity index is 1.49. The third-order valence-corrected chi connectivity index (χ3v) is 8.83. The Bertz CT molecular complexity index is 1280. The maximum Gasteiger partial charge on any atom is 0.341 e. The van der Waals surface area contributed by atoms with Crippen molar-refractivity contribution in [1.82, 2.24) is 14.7 Å². The van der Waals surface area contributed by atoms with Crippen molar-refractivity contribution in [2.24, 2.45) is 18.0 Å². The topological polar surface area (TPSA) is 115 Å². The fraction of sp³-hybridized carbons (Fsp3) is 0.519. The van der Waals surface area contributed by atoms with Crippen molar-refractivity contribution in [3.63, 3.8) is 0 Å². The van der Waals surface area contributed by atoms with Crippen LogP contribution in [0.4, 0.5) is 5.00 Å². The number of amides is 2. The van der Waals surface area contributed by atoms with E-state index in [-0.39, 0.29) is 24.2 Å². The van der Waals surface area contributed by atoms with Crippen LogP contribution in [0.25, 0.3) is 6.08 Å². The molecule has 10 nitrogen and oxygen atoms in total. The largest absolute Gasteiger partial charge is 0.462 e. The van der Waals surface area contributed by atoms with Crippen LogP contribution in [0.15, 0.2) is 23.1 Å². The van der Waals surface area contributed by atoms with E-state index >= 15 is 0 Å². The van der Waals surface area contributed by atoms with Crippen molar-refractivity contribution in [1.29, 1.82) is 0 Å². The SMILES string of the molecule is CCOC(=O)c1c(NC(=O)CSC2=N/C(=C/c3cnn(C)c3)C(=O)N2CCCOC)sc2c1CCC(CC)C2. The second-order valence-corrected chi connectivity index (χ2v) is 11.5. The lowest BCUT2D eigenvalue weighted by atomic mass is 9.85. The van der Waals surface area contributed by atoms with Crippen molar-refractivity contribution in [2.75, 3.05) is 37.9 Å². The van der Waals surface area contributed by atoms with Gasteiger partial charge in [-0.05, 0) is 50.2 Å². The van der Waals surface area contributed by atoms with Gasteiger partial charge in [-0.15, -0.1) is 11.3 Å². The third-order valence-electron chi connectivity index (χ3n) is 6.68. The zero-order valence-corrected chi connectivity index (χ0v) is 24.5. The number of carbonyl (C=O) groups is 3. The van der Waals surface area contributed by atoms with Crippen molar-refractivity contribution in [2.45, 2.75) is 46.0 Å². The average molecular weight is 574 g/mol. The number of rotatable bonds is 11. The number of nitrogens with zero attached hydrogens (tertiary/aromatic N) is 4. The molecule has 3 heterocycles. The van der Waals surface area contributed by atoms with Gasteiger partial charge in [-0.3, -0.25) is 19.2 Å². The van der Waals surface area contributed by atoms with Crippen molar-refractivity contribution < 1.29 is 23.9 Å². The molecule has 0 saturated heterocycles. The molecule has 2 aromatic rings. The van der Waals surface area contributed by atoms with E-state index in [0.717, 1.165) is 41.7 Å². The summed E-state index contributed by atoms with van der Waals surface area (Å²) in [6.45, 7) is 5.15. The maximum absolute atomic E-state index is 13.1. The van der Waals surface area contributed by atoms with Crippen LogP contribution < -0.4 is 5.32 Å². The first-order valence-electron chi connectivity index (χ1n) is 13.2. The summed E-state index contributed by atoms with van der Waals surface area (Å²) in [7, 11) is 3.42. The summed E-state index contributed by atoms with van der Waals surface area (Å²) in [4.78, 5) is 46.3. The van der Waals surface area contributed by atoms with Crippen LogP contribution in [-0.2, 0) is 39.0 Å². The van der Waals surface area contributed by atoms with Gasteiger partial charge in [-0.1, -0.05) is 25.1 Å². The van der Waals surface area contributed by atoms with E-state index < -0.39 is 5.97 Å². The van der Waals surface area contributed by atoms with Crippen molar-refractivity contribution in [3.8, 4) is 0 Å². The Hall–Kier alpha value is -2.96. The number of anilines is 1. The number of aliphatic imine (C=N–C) groups is 1. The number of thiophene rings is 1. The van der Waals surface area contributed by atoms with Gasteiger partial charge in [0, 0.05) is 43.9 Å². The molecular formula is C27H35N5O5S2. The van der Waals surface area contributed by atoms with Gasteiger partial charge in [0.15, 0.2) is 5.17 Å². The summed E-state index contributed by atoms with van der Waals surface area (Å²) >= 11 is 2.67. The van der Waals surface area contributed by atoms with Crippen molar-refractivity contribution >= 4 is 57.1 Å². The summed E-state index contributed by atoms with van der Waals surface area (Å²) in [5.41, 5.74) is 2.56. The Kier molecular flexibility index (Phi) is 9.98. The van der Waals surface area contributed by atoms with Gasteiger partial charge < -0.3 is 14.8 Å². The molecule has 1 atom stereocenters. The number of esters is 1. The van der Waals surface area contributed by atoms with Crippen molar-refractivity contribution in [3.05, 3.63) is 39.7 Å². The summed E-state index contributed by atoms with van der Waals surface area (Å²) in [6.07, 6.45) is 9.62. The van der Waals surface area contributed by atoms with Crippen LogP contribution in [-0.4, -0.2) is 70.3 Å². The minimum absolute atomic E-state index is 0.0372. The van der Waals surface area contributed by atoms with Gasteiger partial charge in [-0.25, -0.2) is 9.79 Å². The molecule has 0 radical (unpaired) electrons. The molecular weight excluding hydrogens is 538 g/mol. The first-order valence-corrected chi connectivity index (χ1v) is 15.0. The highest BCUT2D eigenvalue weighted by Gasteiger charge is 2.32. The minimum atomic E-state index is -0.395. The summed E-state index contributed by atoms with van der Waals surface area (Å²) in [6, 6.07) is 0. The van der Waals surface area contributed by atoms with Crippen LogP contribution in [0.1, 0.15) is 59.5 Å². The molecule has 2 aliphatic rings. The minimum Gasteiger partial charge on any atom is -0.462 e. The molecule has 39 heavy (non-hydrogen) atoms. The summed E-state index contributed by atoms with van der Waals surface area (Å²) in [5.74, 6) is -0.267. The first-order chi connectivity index (χ1) is 18.8. The molecule has 2 amide bonds. The molecule has 0 spiro atoms. The zero-order valence-electron chi connectivity index (χ0n) is 22.8.